The van der Waals surface area contributed by atoms with E-state index in [0.717, 1.165) is 18.7 Å². The van der Waals surface area contributed by atoms with Gasteiger partial charge in [0.05, 0.1) is 6.61 Å². The summed E-state index contributed by atoms with van der Waals surface area (Å²) in [6.07, 6.45) is 2.30. The molecule has 1 fully saturated rings. The normalized spacial score (nSPS) is 14.0. The van der Waals surface area contributed by atoms with Gasteiger partial charge in [0.1, 0.15) is 0 Å². The number of benzene rings is 1. The van der Waals surface area contributed by atoms with Gasteiger partial charge in [-0.2, -0.15) is 0 Å². The Kier molecular flexibility index (Phi) is 6.14. The number of nitrogens with one attached hydrogen (secondary N) is 1. The fourth-order valence-corrected chi connectivity index (χ4v) is 2.48. The van der Waals surface area contributed by atoms with Gasteiger partial charge in [-0.15, -0.1) is 0 Å². The first-order chi connectivity index (χ1) is 11.1. The number of rotatable bonds is 7. The lowest BCUT2D eigenvalue weighted by atomic mass is 10.2. The second kappa shape index (κ2) is 8.31. The zero-order valence-electron chi connectivity index (χ0n) is 13.3. The molecule has 1 aliphatic heterocycles. The first-order valence-corrected chi connectivity index (χ1v) is 7.96. The van der Waals surface area contributed by atoms with E-state index in [1.54, 1.807) is 36.1 Å². The molecule has 0 saturated carbocycles. The second-order valence-electron chi connectivity index (χ2n) is 5.36. The van der Waals surface area contributed by atoms with Crippen molar-refractivity contribution in [1.82, 2.24) is 5.32 Å². The van der Waals surface area contributed by atoms with Gasteiger partial charge >= 0.3 is 5.97 Å². The van der Waals surface area contributed by atoms with E-state index in [9.17, 15) is 14.4 Å². The third-order valence-electron chi connectivity index (χ3n) is 3.66. The van der Waals surface area contributed by atoms with Crippen molar-refractivity contribution < 1.29 is 19.1 Å². The fraction of sp³-hybridized carbons (Fsp3) is 0.471. The third-order valence-corrected chi connectivity index (χ3v) is 3.66. The Morgan fingerprint density at radius 1 is 1.26 bits per heavy atom. The first kappa shape index (κ1) is 17.0. The predicted octanol–water partition coefficient (Wildman–Crippen LogP) is 1.89. The molecule has 6 heteroatoms. The summed E-state index contributed by atoms with van der Waals surface area (Å²) in [6.45, 7) is 3.29. The molecule has 23 heavy (non-hydrogen) atoms. The van der Waals surface area contributed by atoms with Crippen LogP contribution in [-0.4, -0.2) is 37.5 Å². The first-order valence-electron chi connectivity index (χ1n) is 7.96. The van der Waals surface area contributed by atoms with Crippen molar-refractivity contribution in [2.75, 3.05) is 24.6 Å². The number of carbonyl (C=O) groups excluding carboxylic acids is 3. The van der Waals surface area contributed by atoms with Crippen LogP contribution in [0.4, 0.5) is 5.69 Å². The summed E-state index contributed by atoms with van der Waals surface area (Å²) >= 11 is 0. The molecular weight excluding hydrogens is 296 g/mol. The Morgan fingerprint density at radius 2 is 2.00 bits per heavy atom. The molecule has 0 unspecified atom stereocenters. The molecule has 0 radical (unpaired) electrons. The minimum atomic E-state index is -0.249. The quantitative estimate of drug-likeness (QED) is 0.615. The Labute approximate surface area is 135 Å². The number of carbonyl (C=O) groups is 3. The zero-order valence-corrected chi connectivity index (χ0v) is 13.3. The van der Waals surface area contributed by atoms with Gasteiger partial charge in [-0.3, -0.25) is 14.4 Å². The molecular formula is C17H22N2O4. The maximum Gasteiger partial charge on any atom is 0.305 e. The molecule has 1 aromatic carbocycles. The SMILES string of the molecule is CCOC(=O)CCCNC(=O)c1ccc(N2CCCC2=O)cc1. The van der Waals surface area contributed by atoms with E-state index in [0.29, 0.717) is 38.0 Å². The molecule has 1 saturated heterocycles. The summed E-state index contributed by atoms with van der Waals surface area (Å²) in [5, 5.41) is 2.77. The predicted molar refractivity (Wildman–Crippen MR) is 86.2 cm³/mol. The van der Waals surface area contributed by atoms with E-state index in [1.165, 1.54) is 0 Å². The molecule has 0 bridgehead atoms. The summed E-state index contributed by atoms with van der Waals surface area (Å²) in [6, 6.07) is 7.00. The topological polar surface area (TPSA) is 75.7 Å². The molecule has 2 rings (SSSR count). The van der Waals surface area contributed by atoms with Crippen LogP contribution in [0.15, 0.2) is 24.3 Å². The van der Waals surface area contributed by atoms with Gasteiger partial charge in [0.2, 0.25) is 5.91 Å². The Balaban J connectivity index is 1.79. The molecule has 1 heterocycles. The van der Waals surface area contributed by atoms with Gasteiger partial charge in [-0.25, -0.2) is 0 Å². The van der Waals surface area contributed by atoms with Crippen LogP contribution >= 0.6 is 0 Å². The molecule has 0 aliphatic carbocycles. The smallest absolute Gasteiger partial charge is 0.305 e. The number of esters is 1. The van der Waals surface area contributed by atoms with Crippen LogP contribution in [0.25, 0.3) is 0 Å². The van der Waals surface area contributed by atoms with Crippen LogP contribution < -0.4 is 10.2 Å². The van der Waals surface area contributed by atoms with Crippen molar-refractivity contribution in [2.45, 2.75) is 32.6 Å². The standard InChI is InChI=1S/C17H22N2O4/c1-2-23-16(21)6-3-11-18-17(22)13-7-9-14(10-8-13)19-12-4-5-15(19)20/h7-10H,2-6,11-12H2,1H3,(H,18,22). The van der Waals surface area contributed by atoms with Crippen molar-refractivity contribution in [1.29, 1.82) is 0 Å². The highest BCUT2D eigenvalue weighted by Gasteiger charge is 2.21. The summed E-state index contributed by atoms with van der Waals surface area (Å²) in [7, 11) is 0. The number of amides is 2. The number of ether oxygens (including phenoxy) is 1. The second-order valence-corrected chi connectivity index (χ2v) is 5.36. The van der Waals surface area contributed by atoms with E-state index >= 15 is 0 Å². The third kappa shape index (κ3) is 4.81. The minimum Gasteiger partial charge on any atom is -0.466 e. The van der Waals surface area contributed by atoms with Crippen LogP contribution in [0.2, 0.25) is 0 Å². The van der Waals surface area contributed by atoms with Crippen LogP contribution in [0.5, 0.6) is 0 Å². The summed E-state index contributed by atoms with van der Waals surface area (Å²) in [4.78, 5) is 36.6. The number of hydrogen-bond acceptors (Lipinski definition) is 4. The molecule has 0 spiro atoms. The van der Waals surface area contributed by atoms with Crippen LogP contribution in [0.3, 0.4) is 0 Å². The monoisotopic (exact) mass is 318 g/mol. The molecule has 6 nitrogen and oxygen atoms in total. The van der Waals surface area contributed by atoms with E-state index in [-0.39, 0.29) is 17.8 Å². The lowest BCUT2D eigenvalue weighted by molar-refractivity contribution is -0.143. The average molecular weight is 318 g/mol. The summed E-state index contributed by atoms with van der Waals surface area (Å²) in [5.41, 5.74) is 1.36. The van der Waals surface area contributed by atoms with E-state index in [1.807, 2.05) is 0 Å². The summed E-state index contributed by atoms with van der Waals surface area (Å²) in [5.74, 6) is -0.310. The van der Waals surface area contributed by atoms with E-state index < -0.39 is 0 Å². The highest BCUT2D eigenvalue weighted by molar-refractivity contribution is 5.97. The van der Waals surface area contributed by atoms with Crippen LogP contribution in [0, 0.1) is 0 Å². The molecule has 1 aromatic rings. The van der Waals surface area contributed by atoms with Crippen molar-refractivity contribution in [2.24, 2.45) is 0 Å². The van der Waals surface area contributed by atoms with Gasteiger partial charge in [0.25, 0.3) is 5.91 Å². The highest BCUT2D eigenvalue weighted by Crippen LogP contribution is 2.21. The number of nitrogens with zero attached hydrogens (tertiary/aromatic N) is 1. The average Bonchev–Trinajstić information content (AvgIpc) is 2.98. The highest BCUT2D eigenvalue weighted by atomic mass is 16.5. The lowest BCUT2D eigenvalue weighted by Crippen LogP contribution is -2.26. The number of anilines is 1. The van der Waals surface area contributed by atoms with Crippen molar-refractivity contribution in [3.05, 3.63) is 29.8 Å². The fourth-order valence-electron chi connectivity index (χ4n) is 2.48. The van der Waals surface area contributed by atoms with Crippen molar-refractivity contribution in [3.8, 4) is 0 Å². The summed E-state index contributed by atoms with van der Waals surface area (Å²) < 4.78 is 4.82. The van der Waals surface area contributed by atoms with Crippen molar-refractivity contribution in [3.63, 3.8) is 0 Å². The van der Waals surface area contributed by atoms with E-state index in [4.69, 9.17) is 4.74 Å². The maximum absolute atomic E-state index is 12.0. The zero-order chi connectivity index (χ0) is 16.7. The van der Waals surface area contributed by atoms with Gasteiger partial charge in [0.15, 0.2) is 0 Å². The Morgan fingerprint density at radius 3 is 2.61 bits per heavy atom. The van der Waals surface area contributed by atoms with E-state index in [2.05, 4.69) is 5.32 Å². The van der Waals surface area contributed by atoms with Crippen molar-refractivity contribution >= 4 is 23.5 Å². The maximum atomic E-state index is 12.0. The van der Waals surface area contributed by atoms with Gasteiger partial charge in [-0.1, -0.05) is 0 Å². The molecule has 124 valence electrons. The largest absolute Gasteiger partial charge is 0.466 e. The molecule has 0 aromatic heterocycles. The van der Waals surface area contributed by atoms with Gasteiger partial charge < -0.3 is 15.0 Å². The Bertz CT molecular complexity index is 568. The molecule has 1 aliphatic rings. The minimum absolute atomic E-state index is 0.126. The molecule has 2 amide bonds. The molecule has 0 atom stereocenters. The lowest BCUT2D eigenvalue weighted by Gasteiger charge is -2.15. The van der Waals surface area contributed by atoms with Crippen LogP contribution in [0.1, 0.15) is 43.0 Å². The van der Waals surface area contributed by atoms with Gasteiger partial charge in [-0.05, 0) is 44.0 Å². The number of hydrogen-bond donors (Lipinski definition) is 1. The molecule has 1 N–H and O–H groups in total. The van der Waals surface area contributed by atoms with Crippen LogP contribution in [-0.2, 0) is 14.3 Å². The Hall–Kier alpha value is -2.37. The van der Waals surface area contributed by atoms with Gasteiger partial charge in [0, 0.05) is 37.2 Å².